The van der Waals surface area contributed by atoms with Crippen LogP contribution in [-0.4, -0.2) is 50.8 Å². The van der Waals surface area contributed by atoms with Gasteiger partial charge in [-0.1, -0.05) is 0 Å². The topological polar surface area (TPSA) is 71.1 Å². The molecule has 20 heavy (non-hydrogen) atoms. The fourth-order valence-corrected chi connectivity index (χ4v) is 3.07. The van der Waals surface area contributed by atoms with Gasteiger partial charge in [0.05, 0.1) is 6.20 Å². The minimum absolute atomic E-state index is 0.200. The molecule has 0 aliphatic carbocycles. The summed E-state index contributed by atoms with van der Waals surface area (Å²) in [5, 5.41) is 11.3. The first-order valence-electron chi connectivity index (χ1n) is 6.90. The van der Waals surface area contributed by atoms with Gasteiger partial charge in [0.25, 0.3) is 0 Å². The molecule has 1 N–H and O–H groups in total. The number of nitrogens with one attached hydrogen (secondary N) is 1. The Hall–Kier alpha value is -1.24. The Morgan fingerprint density at radius 1 is 1.60 bits per heavy atom. The van der Waals surface area contributed by atoms with Crippen molar-refractivity contribution in [3.63, 3.8) is 0 Å². The van der Waals surface area contributed by atoms with Crippen LogP contribution in [0.15, 0.2) is 11.2 Å². The van der Waals surface area contributed by atoms with Crippen LogP contribution in [-0.2, 0) is 4.74 Å². The molecule has 112 valence electrons. The van der Waals surface area contributed by atoms with E-state index in [1.807, 2.05) is 25.7 Å². The lowest BCUT2D eigenvalue weighted by atomic mass is 10.0. The molecule has 7 heteroatoms. The van der Waals surface area contributed by atoms with E-state index in [0.29, 0.717) is 5.92 Å². The summed E-state index contributed by atoms with van der Waals surface area (Å²) in [6.45, 7) is 7.24. The van der Waals surface area contributed by atoms with Gasteiger partial charge in [-0.2, -0.15) is 10.3 Å². The van der Waals surface area contributed by atoms with Crippen LogP contribution in [0.2, 0.25) is 0 Å². The molecule has 1 saturated heterocycles. The third-order valence-corrected chi connectivity index (χ3v) is 4.16. The molecular formula is C13H22N4O2S. The number of hydrogen-bond donors (Lipinski definition) is 1. The van der Waals surface area contributed by atoms with Crippen LogP contribution in [0.1, 0.15) is 33.6 Å². The number of carbonyl (C=O) groups is 1. The highest BCUT2D eigenvalue weighted by molar-refractivity contribution is 7.99. The smallest absolute Gasteiger partial charge is 0.410 e. The maximum Gasteiger partial charge on any atom is 0.410 e. The summed E-state index contributed by atoms with van der Waals surface area (Å²) < 4.78 is 5.43. The highest BCUT2D eigenvalue weighted by Gasteiger charge is 2.27. The van der Waals surface area contributed by atoms with Gasteiger partial charge < -0.3 is 9.64 Å². The number of nitrogens with zero attached hydrogens (tertiary/aromatic N) is 3. The first-order chi connectivity index (χ1) is 9.44. The van der Waals surface area contributed by atoms with E-state index in [1.54, 1.807) is 18.0 Å². The zero-order valence-corrected chi connectivity index (χ0v) is 13.1. The SMILES string of the molecule is CC(C)(C)OC(=O)N1CCC[C@@H](CSc2cn[nH]n2)C1. The van der Waals surface area contributed by atoms with Gasteiger partial charge in [0, 0.05) is 18.8 Å². The van der Waals surface area contributed by atoms with Crippen LogP contribution < -0.4 is 0 Å². The Labute approximate surface area is 123 Å². The van der Waals surface area contributed by atoms with Crippen molar-refractivity contribution >= 4 is 17.9 Å². The molecule has 0 bridgehead atoms. The minimum atomic E-state index is -0.431. The van der Waals surface area contributed by atoms with Crippen LogP contribution >= 0.6 is 11.8 Å². The van der Waals surface area contributed by atoms with Gasteiger partial charge >= 0.3 is 6.09 Å². The van der Waals surface area contributed by atoms with E-state index in [4.69, 9.17) is 4.74 Å². The third-order valence-electron chi connectivity index (χ3n) is 3.03. The summed E-state index contributed by atoms with van der Waals surface area (Å²) in [7, 11) is 0. The second-order valence-corrected chi connectivity index (χ2v) is 7.09. The van der Waals surface area contributed by atoms with E-state index in [9.17, 15) is 4.79 Å². The molecule has 2 heterocycles. The first-order valence-corrected chi connectivity index (χ1v) is 7.89. The number of amides is 1. The van der Waals surface area contributed by atoms with Crippen LogP contribution in [0.3, 0.4) is 0 Å². The molecule has 0 saturated carbocycles. The number of thioether (sulfide) groups is 1. The molecule has 6 nitrogen and oxygen atoms in total. The number of likely N-dealkylation sites (tertiary alicyclic amines) is 1. The van der Waals surface area contributed by atoms with E-state index in [-0.39, 0.29) is 6.09 Å². The van der Waals surface area contributed by atoms with Gasteiger partial charge in [-0.05, 0) is 39.5 Å². The zero-order valence-electron chi connectivity index (χ0n) is 12.3. The van der Waals surface area contributed by atoms with Crippen LogP contribution in [0.25, 0.3) is 0 Å². The zero-order chi connectivity index (χ0) is 14.6. The monoisotopic (exact) mass is 298 g/mol. The quantitative estimate of drug-likeness (QED) is 0.868. The highest BCUT2D eigenvalue weighted by atomic mass is 32.2. The number of hydrogen-bond acceptors (Lipinski definition) is 5. The summed E-state index contributed by atoms with van der Waals surface area (Å²) in [5.41, 5.74) is -0.431. The summed E-state index contributed by atoms with van der Waals surface area (Å²) in [5.74, 6) is 1.43. The predicted molar refractivity (Wildman–Crippen MR) is 77.6 cm³/mol. The summed E-state index contributed by atoms with van der Waals surface area (Å²) in [6.07, 6.45) is 3.70. The summed E-state index contributed by atoms with van der Waals surface area (Å²) in [4.78, 5) is 13.9. The molecular weight excluding hydrogens is 276 g/mol. The van der Waals surface area contributed by atoms with Crippen molar-refractivity contribution in [1.82, 2.24) is 20.3 Å². The number of H-pyrrole nitrogens is 1. The van der Waals surface area contributed by atoms with Gasteiger partial charge in [-0.25, -0.2) is 4.79 Å². The summed E-state index contributed by atoms with van der Waals surface area (Å²) >= 11 is 1.68. The Morgan fingerprint density at radius 3 is 3.05 bits per heavy atom. The fourth-order valence-electron chi connectivity index (χ4n) is 2.16. The van der Waals surface area contributed by atoms with Gasteiger partial charge in [0.1, 0.15) is 10.6 Å². The third kappa shape index (κ3) is 4.70. The van der Waals surface area contributed by atoms with E-state index in [0.717, 1.165) is 36.7 Å². The number of piperidine rings is 1. The van der Waals surface area contributed by atoms with Crippen LogP contribution in [0, 0.1) is 5.92 Å². The maximum absolute atomic E-state index is 12.1. The van der Waals surface area contributed by atoms with Crippen molar-refractivity contribution in [3.05, 3.63) is 6.20 Å². The molecule has 1 aliphatic heterocycles. The summed E-state index contributed by atoms with van der Waals surface area (Å²) in [6, 6.07) is 0. The van der Waals surface area contributed by atoms with E-state index < -0.39 is 5.60 Å². The molecule has 1 atom stereocenters. The standard InChI is InChI=1S/C13H22N4O2S/c1-13(2,3)19-12(18)17-6-4-5-10(8-17)9-20-11-7-14-16-15-11/h7,10H,4-6,8-9H2,1-3H3,(H,14,15,16)/t10-/m1/s1. The molecule has 1 aliphatic rings. The minimum Gasteiger partial charge on any atom is -0.444 e. The van der Waals surface area contributed by atoms with Gasteiger partial charge in [0.15, 0.2) is 0 Å². The average molecular weight is 298 g/mol. The largest absolute Gasteiger partial charge is 0.444 e. The van der Waals surface area contributed by atoms with Gasteiger partial charge in [-0.3, -0.25) is 0 Å². The van der Waals surface area contributed by atoms with Crippen molar-refractivity contribution in [3.8, 4) is 0 Å². The van der Waals surface area contributed by atoms with Crippen molar-refractivity contribution < 1.29 is 9.53 Å². The number of ether oxygens (including phenoxy) is 1. The van der Waals surface area contributed by atoms with Crippen molar-refractivity contribution in [2.45, 2.75) is 44.2 Å². The molecule has 0 unspecified atom stereocenters. The molecule has 0 aromatic carbocycles. The second kappa shape index (κ2) is 6.47. The van der Waals surface area contributed by atoms with Gasteiger partial charge in [0.2, 0.25) is 0 Å². The Balaban J connectivity index is 1.80. The number of aromatic nitrogens is 3. The normalized spacial score (nSPS) is 19.9. The first kappa shape index (κ1) is 15.2. The Kier molecular flexibility index (Phi) is 4.91. The molecule has 1 aromatic rings. The molecule has 0 radical (unpaired) electrons. The molecule has 1 amide bonds. The predicted octanol–water partition coefficient (Wildman–Crippen LogP) is 2.54. The average Bonchev–Trinajstić information content (AvgIpc) is 2.88. The van der Waals surface area contributed by atoms with Crippen molar-refractivity contribution in [1.29, 1.82) is 0 Å². The lowest BCUT2D eigenvalue weighted by Crippen LogP contribution is -2.43. The molecule has 0 spiro atoms. The molecule has 2 rings (SSSR count). The highest BCUT2D eigenvalue weighted by Crippen LogP contribution is 2.25. The van der Waals surface area contributed by atoms with E-state index in [2.05, 4.69) is 15.4 Å². The van der Waals surface area contributed by atoms with Crippen LogP contribution in [0.4, 0.5) is 4.79 Å². The van der Waals surface area contributed by atoms with E-state index >= 15 is 0 Å². The maximum atomic E-state index is 12.1. The van der Waals surface area contributed by atoms with E-state index in [1.165, 1.54) is 0 Å². The lowest BCUT2D eigenvalue weighted by Gasteiger charge is -2.33. The Morgan fingerprint density at radius 2 is 2.40 bits per heavy atom. The Bertz CT molecular complexity index is 430. The number of aromatic amines is 1. The van der Waals surface area contributed by atoms with Gasteiger partial charge in [-0.15, -0.1) is 16.9 Å². The van der Waals surface area contributed by atoms with Crippen molar-refractivity contribution in [2.24, 2.45) is 5.92 Å². The lowest BCUT2D eigenvalue weighted by molar-refractivity contribution is 0.0177. The van der Waals surface area contributed by atoms with Crippen LogP contribution in [0.5, 0.6) is 0 Å². The second-order valence-electron chi connectivity index (χ2n) is 6.05. The number of rotatable bonds is 3. The van der Waals surface area contributed by atoms with Crippen molar-refractivity contribution in [2.75, 3.05) is 18.8 Å². The molecule has 1 aromatic heterocycles. The number of carbonyl (C=O) groups excluding carboxylic acids is 1. The fraction of sp³-hybridized carbons (Fsp3) is 0.769. The molecule has 1 fully saturated rings.